The Kier molecular flexibility index (Phi) is 4.56. The van der Waals surface area contributed by atoms with E-state index in [9.17, 15) is 9.18 Å². The minimum Gasteiger partial charge on any atom is -0.368 e. The van der Waals surface area contributed by atoms with Gasteiger partial charge in [-0.1, -0.05) is 42.5 Å². The summed E-state index contributed by atoms with van der Waals surface area (Å²) < 4.78 is 14.8. The van der Waals surface area contributed by atoms with Gasteiger partial charge in [-0.05, 0) is 23.3 Å². The fraction of sp³-hybridized carbons (Fsp3) is 0.111. The molecule has 0 saturated carbocycles. The van der Waals surface area contributed by atoms with Gasteiger partial charge in [0.05, 0.1) is 18.4 Å². The van der Waals surface area contributed by atoms with Crippen LogP contribution in [0.15, 0.2) is 67.0 Å². The summed E-state index contributed by atoms with van der Waals surface area (Å²) in [5.41, 5.74) is 7.85. The Morgan fingerprint density at radius 3 is 2.54 bits per heavy atom. The number of halogens is 1. The van der Waals surface area contributed by atoms with Crippen LogP contribution in [0, 0.1) is 5.82 Å². The van der Waals surface area contributed by atoms with Crippen molar-refractivity contribution in [3.05, 3.63) is 83.9 Å². The third-order valence-corrected chi connectivity index (χ3v) is 3.62. The molecular weight excluding hydrogens is 307 g/mol. The summed E-state index contributed by atoms with van der Waals surface area (Å²) in [5, 5.41) is 7.31. The van der Waals surface area contributed by atoms with Crippen LogP contribution in [0.3, 0.4) is 0 Å². The van der Waals surface area contributed by atoms with Crippen molar-refractivity contribution in [3.63, 3.8) is 0 Å². The molecule has 0 spiro atoms. The highest BCUT2D eigenvalue weighted by atomic mass is 19.1. The lowest BCUT2D eigenvalue weighted by molar-refractivity contribution is -0.118. The molecule has 24 heavy (non-hydrogen) atoms. The molecule has 0 bridgehead atoms. The number of rotatable bonds is 6. The summed E-state index contributed by atoms with van der Waals surface area (Å²) in [6.07, 6.45) is 3.43. The Balaban J connectivity index is 1.74. The number of hydrogen-bond acceptors (Lipinski definition) is 3. The van der Waals surface area contributed by atoms with Crippen LogP contribution < -0.4 is 11.1 Å². The van der Waals surface area contributed by atoms with E-state index in [1.165, 1.54) is 24.3 Å². The lowest BCUT2D eigenvalue weighted by Crippen LogP contribution is -2.27. The predicted octanol–water partition coefficient (Wildman–Crippen LogP) is 2.71. The number of nitrogens with two attached hydrogens (primary N) is 1. The molecule has 122 valence electrons. The molecule has 0 unspecified atom stereocenters. The van der Waals surface area contributed by atoms with Crippen molar-refractivity contribution < 1.29 is 9.18 Å². The van der Waals surface area contributed by atoms with Gasteiger partial charge in [0.15, 0.2) is 0 Å². The second-order valence-corrected chi connectivity index (χ2v) is 5.44. The lowest BCUT2D eigenvalue weighted by Gasteiger charge is -2.15. The van der Waals surface area contributed by atoms with E-state index < -0.39 is 11.9 Å². The molecule has 3 N–H and O–H groups in total. The molecule has 0 fully saturated rings. The number of anilines is 1. The average Bonchev–Trinajstić information content (AvgIpc) is 3.01. The van der Waals surface area contributed by atoms with Gasteiger partial charge >= 0.3 is 0 Å². The molecule has 5 nitrogen and oxygen atoms in total. The number of carbonyl (C=O) groups excluding carboxylic acids is 1. The van der Waals surface area contributed by atoms with Crippen LogP contribution in [0.4, 0.5) is 10.1 Å². The maximum absolute atomic E-state index is 13.0. The fourth-order valence-corrected chi connectivity index (χ4v) is 2.44. The second kappa shape index (κ2) is 6.95. The number of carbonyl (C=O) groups is 1. The van der Waals surface area contributed by atoms with Crippen LogP contribution in [0.25, 0.3) is 0 Å². The molecule has 0 aliphatic heterocycles. The predicted molar refractivity (Wildman–Crippen MR) is 89.7 cm³/mol. The van der Waals surface area contributed by atoms with Crippen LogP contribution in [-0.2, 0) is 11.3 Å². The SMILES string of the molecule is NC(=O)[C@H](Nc1cnn(Cc2ccccc2)c1)c1ccc(F)cc1. The van der Waals surface area contributed by atoms with Gasteiger partial charge in [-0.2, -0.15) is 5.10 Å². The Morgan fingerprint density at radius 2 is 1.88 bits per heavy atom. The van der Waals surface area contributed by atoms with Crippen molar-refractivity contribution in [3.8, 4) is 0 Å². The number of hydrogen-bond donors (Lipinski definition) is 2. The molecule has 2 aromatic carbocycles. The molecule has 1 amide bonds. The van der Waals surface area contributed by atoms with E-state index in [0.29, 0.717) is 17.8 Å². The fourth-order valence-electron chi connectivity index (χ4n) is 2.44. The summed E-state index contributed by atoms with van der Waals surface area (Å²) >= 11 is 0. The molecule has 0 radical (unpaired) electrons. The van der Waals surface area contributed by atoms with E-state index in [2.05, 4.69) is 10.4 Å². The maximum Gasteiger partial charge on any atom is 0.244 e. The minimum atomic E-state index is -0.750. The monoisotopic (exact) mass is 324 g/mol. The highest BCUT2D eigenvalue weighted by Gasteiger charge is 2.18. The topological polar surface area (TPSA) is 72.9 Å². The van der Waals surface area contributed by atoms with Gasteiger partial charge in [0, 0.05) is 6.20 Å². The third-order valence-electron chi connectivity index (χ3n) is 3.62. The lowest BCUT2D eigenvalue weighted by atomic mass is 10.1. The highest BCUT2D eigenvalue weighted by Crippen LogP contribution is 2.19. The van der Waals surface area contributed by atoms with E-state index in [0.717, 1.165) is 5.56 Å². The van der Waals surface area contributed by atoms with Crippen LogP contribution in [0.1, 0.15) is 17.2 Å². The minimum absolute atomic E-state index is 0.363. The Labute approximate surface area is 138 Å². The number of benzene rings is 2. The van der Waals surface area contributed by atoms with Gasteiger partial charge in [0.25, 0.3) is 0 Å². The number of amides is 1. The normalized spacial score (nSPS) is 11.9. The van der Waals surface area contributed by atoms with E-state index in [1.807, 2.05) is 30.3 Å². The van der Waals surface area contributed by atoms with Crippen molar-refractivity contribution in [1.82, 2.24) is 9.78 Å². The molecule has 0 saturated heterocycles. The molecule has 0 aliphatic rings. The third kappa shape index (κ3) is 3.78. The smallest absolute Gasteiger partial charge is 0.244 e. The first-order chi connectivity index (χ1) is 11.6. The summed E-state index contributed by atoms with van der Waals surface area (Å²) in [6.45, 7) is 0.625. The molecule has 6 heteroatoms. The summed E-state index contributed by atoms with van der Waals surface area (Å²) in [6, 6.07) is 14.8. The van der Waals surface area contributed by atoms with Gasteiger partial charge in [0.2, 0.25) is 5.91 Å². The average molecular weight is 324 g/mol. The molecule has 1 aromatic heterocycles. The molecule has 0 aliphatic carbocycles. The van der Waals surface area contributed by atoms with Gasteiger partial charge in [0.1, 0.15) is 11.9 Å². The van der Waals surface area contributed by atoms with Gasteiger partial charge < -0.3 is 11.1 Å². The Hall–Kier alpha value is -3.15. The second-order valence-electron chi connectivity index (χ2n) is 5.44. The van der Waals surface area contributed by atoms with Crippen molar-refractivity contribution in [1.29, 1.82) is 0 Å². The number of primary amides is 1. The number of nitrogens with one attached hydrogen (secondary N) is 1. The van der Waals surface area contributed by atoms with Crippen LogP contribution in [-0.4, -0.2) is 15.7 Å². The van der Waals surface area contributed by atoms with Gasteiger partial charge in [-0.25, -0.2) is 4.39 Å². The van der Waals surface area contributed by atoms with Gasteiger partial charge in [-0.15, -0.1) is 0 Å². The first-order valence-corrected chi connectivity index (χ1v) is 7.49. The zero-order valence-corrected chi connectivity index (χ0v) is 12.9. The molecule has 3 aromatic rings. The zero-order chi connectivity index (χ0) is 16.9. The van der Waals surface area contributed by atoms with E-state index in [4.69, 9.17) is 5.73 Å². The molecule has 3 rings (SSSR count). The first kappa shape index (κ1) is 15.7. The number of aromatic nitrogens is 2. The molecule has 1 heterocycles. The van der Waals surface area contributed by atoms with E-state index in [1.54, 1.807) is 17.1 Å². The van der Waals surface area contributed by atoms with Crippen molar-refractivity contribution in [2.45, 2.75) is 12.6 Å². The molecular formula is C18H17FN4O. The standard InChI is InChI=1S/C18H17FN4O/c19-15-8-6-14(7-9-15)17(18(20)24)22-16-10-21-23(12-16)11-13-4-2-1-3-5-13/h1-10,12,17,22H,11H2,(H2,20,24)/t17-/m1/s1. The maximum atomic E-state index is 13.0. The molecule has 1 atom stereocenters. The Bertz CT molecular complexity index is 815. The summed E-state index contributed by atoms with van der Waals surface area (Å²) in [5.74, 6) is -0.907. The van der Waals surface area contributed by atoms with Crippen molar-refractivity contribution in [2.75, 3.05) is 5.32 Å². The quantitative estimate of drug-likeness (QED) is 0.732. The van der Waals surface area contributed by atoms with Gasteiger partial charge in [-0.3, -0.25) is 9.48 Å². The Morgan fingerprint density at radius 1 is 1.17 bits per heavy atom. The zero-order valence-electron chi connectivity index (χ0n) is 12.9. The largest absolute Gasteiger partial charge is 0.368 e. The first-order valence-electron chi connectivity index (χ1n) is 7.49. The van der Waals surface area contributed by atoms with Crippen LogP contribution in [0.2, 0.25) is 0 Å². The highest BCUT2D eigenvalue weighted by molar-refractivity contribution is 5.84. The van der Waals surface area contributed by atoms with Crippen molar-refractivity contribution in [2.24, 2.45) is 5.73 Å². The summed E-state index contributed by atoms with van der Waals surface area (Å²) in [7, 11) is 0. The summed E-state index contributed by atoms with van der Waals surface area (Å²) in [4.78, 5) is 11.7. The van der Waals surface area contributed by atoms with Crippen molar-refractivity contribution >= 4 is 11.6 Å². The number of nitrogens with zero attached hydrogens (tertiary/aromatic N) is 2. The van der Waals surface area contributed by atoms with E-state index in [-0.39, 0.29) is 5.82 Å². The van der Waals surface area contributed by atoms with Crippen LogP contribution in [0.5, 0.6) is 0 Å². The van der Waals surface area contributed by atoms with Crippen LogP contribution >= 0.6 is 0 Å². The van der Waals surface area contributed by atoms with E-state index >= 15 is 0 Å².